The number of rotatable bonds is 6. The summed E-state index contributed by atoms with van der Waals surface area (Å²) in [6.07, 6.45) is 42.7. The van der Waals surface area contributed by atoms with Crippen molar-refractivity contribution in [1.82, 2.24) is 4.57 Å². The molecule has 0 fully saturated rings. The molecular weight excluding hydrogens is 939 g/mol. The van der Waals surface area contributed by atoms with Crippen LogP contribution in [0.1, 0.15) is 32.1 Å². The van der Waals surface area contributed by atoms with Gasteiger partial charge in [-0.1, -0.05) is 158 Å². The molecular formula is C65H69NO9. The molecule has 10 bridgehead atoms. The van der Waals surface area contributed by atoms with E-state index in [4.69, 9.17) is 24.5 Å². The fraction of sp³-hybridized carbons (Fsp3) is 0.308. The smallest absolute Gasteiger partial charge is 0.336 e. The summed E-state index contributed by atoms with van der Waals surface area (Å²) in [5.74, 6) is 4.84. The fourth-order valence-corrected chi connectivity index (χ4v) is 11.5. The lowest BCUT2D eigenvalue weighted by molar-refractivity contribution is -0.136. The number of aliphatic carboxylic acids is 1. The minimum atomic E-state index is -0.753. The second-order valence-corrected chi connectivity index (χ2v) is 19.9. The third-order valence-electron chi connectivity index (χ3n) is 15.1. The first-order valence-corrected chi connectivity index (χ1v) is 26.0. The number of aliphatic hydroxyl groups is 2. The molecule has 10 aliphatic rings. The minimum absolute atomic E-state index is 0.165. The number of carbonyl (C=O) groups excluding carboxylic acids is 1. The van der Waals surface area contributed by atoms with Crippen molar-refractivity contribution < 1.29 is 38.8 Å². The molecule has 388 valence electrons. The number of hydrogen-bond acceptors (Lipinski definition) is 8. The summed E-state index contributed by atoms with van der Waals surface area (Å²) in [5, 5.41) is 27.9. The normalized spacial score (nSPS) is 26.4. The van der Waals surface area contributed by atoms with Gasteiger partial charge in [-0.2, -0.15) is 0 Å². The summed E-state index contributed by atoms with van der Waals surface area (Å²) in [7, 11) is 4.19. The van der Waals surface area contributed by atoms with Crippen LogP contribution < -0.4 is 5.63 Å². The highest BCUT2D eigenvalue weighted by Gasteiger charge is 2.33. The van der Waals surface area contributed by atoms with E-state index in [9.17, 15) is 14.4 Å². The monoisotopic (exact) mass is 1010 g/mol. The Balaban J connectivity index is 0.000000117. The maximum Gasteiger partial charge on any atom is 0.336 e. The van der Waals surface area contributed by atoms with Crippen molar-refractivity contribution >= 4 is 50.9 Å². The van der Waals surface area contributed by atoms with Gasteiger partial charge in [0.1, 0.15) is 5.58 Å². The number of aliphatic hydroxyl groups excluding tert-OH is 2. The highest BCUT2D eigenvalue weighted by Crippen LogP contribution is 2.41. The van der Waals surface area contributed by atoms with E-state index in [0.29, 0.717) is 46.7 Å². The largest absolute Gasteiger partial charge is 0.478 e. The first-order valence-electron chi connectivity index (χ1n) is 26.0. The third kappa shape index (κ3) is 13.1. The molecule has 0 spiro atoms. The summed E-state index contributed by atoms with van der Waals surface area (Å²) in [6, 6.07) is 27.4. The third-order valence-corrected chi connectivity index (χ3v) is 15.1. The van der Waals surface area contributed by atoms with E-state index >= 15 is 0 Å². The van der Waals surface area contributed by atoms with Crippen molar-refractivity contribution in [3.05, 3.63) is 221 Å². The number of benzene rings is 3. The second-order valence-electron chi connectivity index (χ2n) is 19.9. The Kier molecular flexibility index (Phi) is 18.5. The van der Waals surface area contributed by atoms with Gasteiger partial charge in [0.15, 0.2) is 0 Å². The van der Waals surface area contributed by atoms with Crippen molar-refractivity contribution in [1.29, 1.82) is 0 Å². The maximum atomic E-state index is 11.1. The summed E-state index contributed by atoms with van der Waals surface area (Å²) in [5.41, 5.74) is 6.91. The highest BCUT2D eigenvalue weighted by atomic mass is 16.5. The number of fused-ring (bicyclic) bond motifs is 14. The Morgan fingerprint density at radius 3 is 1.44 bits per heavy atom. The number of aromatic nitrogens is 1. The van der Waals surface area contributed by atoms with Gasteiger partial charge in [-0.15, -0.1) is 0 Å². The van der Waals surface area contributed by atoms with Crippen LogP contribution in [0.4, 0.5) is 0 Å². The lowest BCUT2D eigenvalue weighted by Gasteiger charge is -2.07. The number of methoxy groups -OCH3 is 2. The zero-order valence-electron chi connectivity index (χ0n) is 43.1. The first-order chi connectivity index (χ1) is 36.6. The summed E-state index contributed by atoms with van der Waals surface area (Å²) in [6.45, 7) is 4.95. The Labute approximate surface area is 439 Å². The molecule has 10 nitrogen and oxygen atoms in total. The molecule has 8 unspecified atom stereocenters. The molecule has 0 radical (unpaired) electrons. The molecule has 15 rings (SSSR count). The zero-order chi connectivity index (χ0) is 52.8. The van der Waals surface area contributed by atoms with Crippen molar-refractivity contribution in [2.24, 2.45) is 59.2 Å². The molecule has 0 saturated heterocycles. The number of para-hydroxylation sites is 3. The van der Waals surface area contributed by atoms with Crippen LogP contribution in [0.5, 0.6) is 0 Å². The number of nitrogens with zero attached hydrogens (tertiary/aromatic N) is 1. The van der Waals surface area contributed by atoms with Crippen molar-refractivity contribution in [3.8, 4) is 0 Å². The number of carbonyl (C=O) groups is 2. The van der Waals surface area contributed by atoms with Gasteiger partial charge < -0.3 is 33.8 Å². The number of ether oxygens (including phenoxy) is 2. The predicted molar refractivity (Wildman–Crippen MR) is 300 cm³/mol. The molecule has 75 heavy (non-hydrogen) atoms. The Morgan fingerprint density at radius 2 is 1.05 bits per heavy atom. The van der Waals surface area contributed by atoms with Crippen LogP contribution in [0.2, 0.25) is 0 Å². The van der Waals surface area contributed by atoms with Crippen molar-refractivity contribution in [3.63, 3.8) is 0 Å². The molecule has 8 atom stereocenters. The number of esters is 1. The lowest BCUT2D eigenvalue weighted by atomic mass is 10.0. The molecule has 0 saturated carbocycles. The van der Waals surface area contributed by atoms with Crippen LogP contribution in [-0.2, 0) is 19.1 Å². The fourth-order valence-electron chi connectivity index (χ4n) is 11.5. The van der Waals surface area contributed by atoms with Gasteiger partial charge in [0.2, 0.25) is 0 Å². The molecule has 10 heteroatoms. The van der Waals surface area contributed by atoms with Gasteiger partial charge in [-0.05, 0) is 103 Å². The van der Waals surface area contributed by atoms with Gasteiger partial charge in [-0.3, -0.25) is 0 Å². The summed E-state index contributed by atoms with van der Waals surface area (Å²) >= 11 is 0. The van der Waals surface area contributed by atoms with E-state index in [1.807, 2.05) is 42.6 Å². The number of carboxylic acid groups (broad SMARTS) is 1. The van der Waals surface area contributed by atoms with Gasteiger partial charge in [0, 0.05) is 77.5 Å². The van der Waals surface area contributed by atoms with Crippen molar-refractivity contribution in [2.45, 2.75) is 32.1 Å². The van der Waals surface area contributed by atoms with Gasteiger partial charge in [0.25, 0.3) is 0 Å². The Morgan fingerprint density at radius 1 is 0.587 bits per heavy atom. The summed E-state index contributed by atoms with van der Waals surface area (Å²) < 4.78 is 16.8. The maximum absolute atomic E-state index is 11.1. The van der Waals surface area contributed by atoms with Crippen LogP contribution in [0, 0.1) is 59.2 Å². The van der Waals surface area contributed by atoms with E-state index < -0.39 is 5.97 Å². The average molecular weight is 1010 g/mol. The van der Waals surface area contributed by atoms with E-state index in [-0.39, 0.29) is 24.1 Å². The Bertz CT molecular complexity index is 3140. The topological polar surface area (TPSA) is 148 Å². The Hall–Kier alpha value is -7.37. The van der Waals surface area contributed by atoms with Crippen LogP contribution in [0.25, 0.3) is 39.0 Å². The van der Waals surface area contributed by atoms with E-state index in [1.54, 1.807) is 19.2 Å². The van der Waals surface area contributed by atoms with E-state index in [1.165, 1.54) is 65.4 Å². The van der Waals surface area contributed by atoms with Crippen LogP contribution in [0.3, 0.4) is 0 Å². The zero-order valence-corrected chi connectivity index (χ0v) is 43.1. The molecule has 10 aliphatic carbocycles. The second kappa shape index (κ2) is 25.7. The van der Waals surface area contributed by atoms with Crippen molar-refractivity contribution in [2.75, 3.05) is 34.5 Å². The van der Waals surface area contributed by atoms with Crippen LogP contribution in [0.15, 0.2) is 220 Å². The standard InChI is InChI=1S/C14H11N.C9H10O2.C9H6O2.C9H12O.C8H8O2.C8H10O.C7H8.CH4O/c1-2-15-13-9-5-3-7-11(13)12-8-4-6-10-14(12)15;1-11-9(10)8-5-6-2-3-7(8)4-6;10-9-6-5-7-3-1-2-4-8(7)11-9;1-10-6-9-5-7-2-3-8(9)4-7;9-8(10)7-4-5-1-2-6(7)3-5;9-5-8-4-6-1-2-7(8)3-6;1-2-7-4-3-6(1)5-7;1-2/h2-10H,1H2;2-3,5-7H,4H2,1H3;1-6H;2-3,5,7-8H,4,6H2,1H3;1-2,4-6H,3H2,(H,9,10);1-2,4,6-7,9H,3,5H2;1-4,6-7H,5H2;2H,1H3. The van der Waals surface area contributed by atoms with E-state index in [0.717, 1.165) is 55.3 Å². The molecule has 2 heterocycles. The highest BCUT2D eigenvalue weighted by molar-refractivity contribution is 6.09. The average Bonchev–Trinajstić information content (AvgIpc) is 4.31. The first kappa shape index (κ1) is 53.9. The molecule has 0 amide bonds. The number of allylic oxidation sites excluding steroid dienone is 16. The molecule has 3 aromatic carbocycles. The van der Waals surface area contributed by atoms with Gasteiger partial charge >= 0.3 is 17.6 Å². The van der Waals surface area contributed by atoms with Gasteiger partial charge in [-0.25, -0.2) is 14.4 Å². The molecule has 3 N–H and O–H groups in total. The quantitative estimate of drug-likeness (QED) is 0.0859. The SMILES string of the molecule is C1=CC2C=CC1C2.C=Cn1c2ccccc2c2ccccc21.CO.COC(=O)C1=CC2C=CC1C2.COCC1=CC2C=CC1C2.O=C(O)C1=CC2C=CC1C2.O=c1ccc2ccccc2o1.OCC1=CC2C=CC1C2. The molecule has 2 aromatic heterocycles. The number of carboxylic acids is 1. The van der Waals surface area contributed by atoms with E-state index in [2.05, 4.69) is 143 Å². The minimum Gasteiger partial charge on any atom is -0.478 e. The summed E-state index contributed by atoms with van der Waals surface area (Å²) in [4.78, 5) is 32.3. The molecule has 0 aliphatic heterocycles. The van der Waals surface area contributed by atoms with Crippen LogP contribution >= 0.6 is 0 Å². The lowest BCUT2D eigenvalue weighted by Crippen LogP contribution is -2.09. The van der Waals surface area contributed by atoms with Gasteiger partial charge in [0.05, 0.1) is 31.4 Å². The van der Waals surface area contributed by atoms with Crippen LogP contribution in [-0.4, -0.2) is 66.4 Å². The molecule has 5 aromatic rings. The number of hydrogen-bond donors (Lipinski definition) is 3. The predicted octanol–water partition coefficient (Wildman–Crippen LogP) is 12.4.